The van der Waals surface area contributed by atoms with Crippen molar-refractivity contribution in [1.29, 1.82) is 0 Å². The van der Waals surface area contributed by atoms with E-state index in [9.17, 15) is 0 Å². The highest BCUT2D eigenvalue weighted by Gasteiger charge is 1.85. The van der Waals surface area contributed by atoms with Crippen LogP contribution in [0.5, 0.6) is 0 Å². The van der Waals surface area contributed by atoms with Crippen molar-refractivity contribution in [3.63, 3.8) is 0 Å². The van der Waals surface area contributed by atoms with Gasteiger partial charge in [-0.05, 0) is 28.5 Å². The Morgan fingerprint density at radius 3 is 1.30 bits per heavy atom. The highest BCUT2D eigenvalue weighted by atomic mass is 32.2. The van der Waals surface area contributed by atoms with Crippen LogP contribution >= 0.6 is 11.8 Å². The molecule has 3 aromatic carbocycles. The van der Waals surface area contributed by atoms with Crippen LogP contribution in [0.3, 0.4) is 0 Å². The maximum absolute atomic E-state index is 3.66. The van der Waals surface area contributed by atoms with E-state index in [4.69, 9.17) is 0 Å². The molecule has 0 aliphatic rings. The third kappa shape index (κ3) is 10.1. The lowest BCUT2D eigenvalue weighted by atomic mass is 10.1. The maximum atomic E-state index is 3.66. The van der Waals surface area contributed by atoms with E-state index in [-0.39, 0.29) is 0 Å². The molecule has 0 saturated carbocycles. The van der Waals surface area contributed by atoms with Gasteiger partial charge in [-0.1, -0.05) is 123 Å². The Bertz CT molecular complexity index is 744. The summed E-state index contributed by atoms with van der Waals surface area (Å²) in [4.78, 5) is 0. The minimum absolute atomic E-state index is 1.13. The van der Waals surface area contributed by atoms with Crippen LogP contribution in [0, 0.1) is 0 Å². The van der Waals surface area contributed by atoms with Crippen molar-refractivity contribution in [3.8, 4) is 0 Å². The van der Waals surface area contributed by atoms with Gasteiger partial charge in [-0.15, -0.1) is 0 Å². The first-order chi connectivity index (χ1) is 13.2. The molecule has 0 aliphatic heterocycles. The Kier molecular flexibility index (Phi) is 11.9. The van der Waals surface area contributed by atoms with Gasteiger partial charge in [-0.25, -0.2) is 0 Å². The zero-order valence-corrected chi connectivity index (χ0v) is 16.9. The minimum Gasteiger partial charge on any atom is -0.161 e. The fourth-order valence-corrected chi connectivity index (χ4v) is 2.62. The molecule has 3 aromatic rings. The summed E-state index contributed by atoms with van der Waals surface area (Å²) in [6.07, 6.45) is 7.60. The molecule has 0 radical (unpaired) electrons. The van der Waals surface area contributed by atoms with Crippen LogP contribution in [0.25, 0.3) is 18.2 Å². The molecule has 0 unspecified atom stereocenters. The normalized spacial score (nSPS) is 8.93. The Morgan fingerprint density at radius 1 is 0.593 bits per heavy atom. The van der Waals surface area contributed by atoms with Crippen molar-refractivity contribution in [2.45, 2.75) is 5.75 Å². The van der Waals surface area contributed by atoms with E-state index in [1.54, 1.807) is 0 Å². The monoisotopic (exact) mass is 372 g/mol. The van der Waals surface area contributed by atoms with Crippen LogP contribution in [0.1, 0.15) is 22.3 Å². The lowest BCUT2D eigenvalue weighted by Crippen LogP contribution is -1.74. The Labute approximate surface area is 169 Å². The second-order valence-corrected chi connectivity index (χ2v) is 6.47. The number of thioether (sulfide) groups is 1. The van der Waals surface area contributed by atoms with Gasteiger partial charge in [0.15, 0.2) is 0 Å². The molecule has 0 amide bonds. The molecule has 3 rings (SSSR count). The average Bonchev–Trinajstić information content (AvgIpc) is 2.76. The van der Waals surface area contributed by atoms with Crippen LogP contribution in [0.15, 0.2) is 105 Å². The zero-order chi connectivity index (χ0) is 19.7. The number of hydrogen-bond acceptors (Lipinski definition) is 1. The van der Waals surface area contributed by atoms with E-state index in [1.165, 1.54) is 11.1 Å². The van der Waals surface area contributed by atoms with E-state index in [1.807, 2.05) is 90.7 Å². The minimum atomic E-state index is 1.13. The van der Waals surface area contributed by atoms with E-state index in [2.05, 4.69) is 50.3 Å². The molecule has 0 heterocycles. The van der Waals surface area contributed by atoms with Crippen molar-refractivity contribution in [2.24, 2.45) is 0 Å². The summed E-state index contributed by atoms with van der Waals surface area (Å²) in [6.45, 7) is 11.0. The lowest BCUT2D eigenvalue weighted by Gasteiger charge is -1.93. The maximum Gasteiger partial charge on any atom is 0.0181 e. The molecule has 0 bridgehead atoms. The SMILES string of the molecule is C=Cc1ccc(C=C)cc1.C=Cc1ccccc1.CSCc1ccccc1. The Hall–Kier alpha value is -2.77. The van der Waals surface area contributed by atoms with Gasteiger partial charge in [0.05, 0.1) is 0 Å². The fraction of sp³-hybridized carbons (Fsp3) is 0.0769. The molecule has 0 atom stereocenters. The van der Waals surface area contributed by atoms with Gasteiger partial charge < -0.3 is 0 Å². The lowest BCUT2D eigenvalue weighted by molar-refractivity contribution is 1.42. The van der Waals surface area contributed by atoms with Crippen LogP contribution in [0.2, 0.25) is 0 Å². The van der Waals surface area contributed by atoms with Gasteiger partial charge in [-0.2, -0.15) is 11.8 Å². The smallest absolute Gasteiger partial charge is 0.0181 e. The summed E-state index contributed by atoms with van der Waals surface area (Å²) < 4.78 is 0. The summed E-state index contributed by atoms with van der Waals surface area (Å²) in [6, 6.07) is 28.6. The molecule has 0 saturated heterocycles. The first-order valence-corrected chi connectivity index (χ1v) is 10.2. The van der Waals surface area contributed by atoms with Crippen LogP contribution < -0.4 is 0 Å². The Balaban J connectivity index is 0.000000204. The molecule has 1 heteroatoms. The highest BCUT2D eigenvalue weighted by molar-refractivity contribution is 7.97. The predicted octanol–water partition coefficient (Wildman–Crippen LogP) is 7.85. The molecule has 138 valence electrons. The van der Waals surface area contributed by atoms with Gasteiger partial charge in [0.25, 0.3) is 0 Å². The Morgan fingerprint density at radius 2 is 0.963 bits per heavy atom. The molecule has 0 aliphatic carbocycles. The average molecular weight is 373 g/mol. The summed E-state index contributed by atoms with van der Waals surface area (Å²) >= 11 is 1.85. The van der Waals surface area contributed by atoms with Crippen LogP contribution in [-0.4, -0.2) is 6.26 Å². The van der Waals surface area contributed by atoms with Gasteiger partial charge >= 0.3 is 0 Å². The van der Waals surface area contributed by atoms with Crippen molar-refractivity contribution >= 4 is 30.0 Å². The number of hydrogen-bond donors (Lipinski definition) is 0. The molecule has 0 nitrogen and oxygen atoms in total. The van der Waals surface area contributed by atoms with Crippen molar-refractivity contribution < 1.29 is 0 Å². The number of rotatable bonds is 5. The van der Waals surface area contributed by atoms with Gasteiger partial charge in [-0.3, -0.25) is 0 Å². The molecular formula is C26H28S. The fourth-order valence-electron chi connectivity index (χ4n) is 2.10. The first-order valence-electron chi connectivity index (χ1n) is 8.78. The zero-order valence-electron chi connectivity index (χ0n) is 16.1. The summed E-state index contributed by atoms with van der Waals surface area (Å²) in [7, 11) is 0. The van der Waals surface area contributed by atoms with Gasteiger partial charge in [0.1, 0.15) is 0 Å². The van der Waals surface area contributed by atoms with Crippen LogP contribution in [-0.2, 0) is 5.75 Å². The van der Waals surface area contributed by atoms with Crippen molar-refractivity contribution in [3.05, 3.63) is 127 Å². The van der Waals surface area contributed by atoms with Crippen molar-refractivity contribution in [2.75, 3.05) is 6.26 Å². The summed E-state index contributed by atoms with van der Waals surface area (Å²) in [5.74, 6) is 1.13. The molecule has 0 spiro atoms. The van der Waals surface area contributed by atoms with Crippen LogP contribution in [0.4, 0.5) is 0 Å². The predicted molar refractivity (Wildman–Crippen MR) is 127 cm³/mol. The van der Waals surface area contributed by atoms with E-state index in [0.717, 1.165) is 16.9 Å². The standard InChI is InChI=1S/C10H10.C8H10S.C8H8/c1-3-9-5-7-10(4-2)8-6-9;1-9-7-8-5-3-2-4-6-8;1-2-8-6-4-3-5-7-8/h3-8H,1-2H2;2-6H,7H2,1H3;2-7H,1H2. The quantitative estimate of drug-likeness (QED) is 0.439. The third-order valence-corrected chi connectivity index (χ3v) is 4.22. The third-order valence-electron chi connectivity index (χ3n) is 3.60. The van der Waals surface area contributed by atoms with E-state index < -0.39 is 0 Å². The molecular weight excluding hydrogens is 344 g/mol. The van der Waals surface area contributed by atoms with E-state index >= 15 is 0 Å². The largest absolute Gasteiger partial charge is 0.161 e. The molecule has 0 aromatic heterocycles. The molecule has 0 fully saturated rings. The molecule has 0 N–H and O–H groups in total. The molecule has 27 heavy (non-hydrogen) atoms. The summed E-state index contributed by atoms with van der Waals surface area (Å²) in [5, 5.41) is 0. The van der Waals surface area contributed by atoms with Gasteiger partial charge in [0.2, 0.25) is 0 Å². The number of benzene rings is 3. The van der Waals surface area contributed by atoms with E-state index in [0.29, 0.717) is 0 Å². The summed E-state index contributed by atoms with van der Waals surface area (Å²) in [5.41, 5.74) is 4.87. The first kappa shape index (κ1) is 22.3. The highest BCUT2D eigenvalue weighted by Crippen LogP contribution is 2.07. The second-order valence-electron chi connectivity index (χ2n) is 5.61. The second kappa shape index (κ2) is 14.4. The van der Waals surface area contributed by atoms with Crippen molar-refractivity contribution in [1.82, 2.24) is 0 Å². The van der Waals surface area contributed by atoms with Gasteiger partial charge in [0, 0.05) is 5.75 Å². The topological polar surface area (TPSA) is 0 Å².